The van der Waals surface area contributed by atoms with Crippen LogP contribution in [0.3, 0.4) is 0 Å². The smallest absolute Gasteiger partial charge is 0.387 e. The Morgan fingerprint density at radius 3 is 1.77 bits per heavy atom. The molecule has 0 radical (unpaired) electrons. The van der Waals surface area contributed by atoms with Crippen LogP contribution in [0.2, 0.25) is 0 Å². The van der Waals surface area contributed by atoms with E-state index in [9.17, 15) is 13.2 Å². The fourth-order valence-electron chi connectivity index (χ4n) is 2.88. The Hall–Kier alpha value is -2.75. The molecule has 3 aromatic carbocycles. The maximum Gasteiger partial charge on any atom is 0.387 e. The van der Waals surface area contributed by atoms with Gasteiger partial charge in [-0.15, -0.1) is 0 Å². The fourth-order valence-corrected chi connectivity index (χ4v) is 2.88. The second-order valence-electron chi connectivity index (χ2n) is 6.05. The standard InChI is InChI=1S/C22H19F3O/c1-2-3-15-4-6-16(7-5-15)17-8-10-18(11-9-17)19-12-13-21(20(23)14-19)26-22(24)25/h4-14,22H,2-3H2,1H3. The summed E-state index contributed by atoms with van der Waals surface area (Å²) in [6.07, 6.45) is 2.18. The third-order valence-corrected chi connectivity index (χ3v) is 4.19. The van der Waals surface area contributed by atoms with E-state index in [1.807, 2.05) is 24.3 Å². The maximum atomic E-state index is 13.9. The zero-order valence-electron chi connectivity index (χ0n) is 14.4. The van der Waals surface area contributed by atoms with Crippen molar-refractivity contribution >= 4 is 0 Å². The second-order valence-corrected chi connectivity index (χ2v) is 6.05. The van der Waals surface area contributed by atoms with Crippen LogP contribution in [0.25, 0.3) is 22.3 Å². The normalized spacial score (nSPS) is 11.0. The van der Waals surface area contributed by atoms with Crippen molar-refractivity contribution in [2.45, 2.75) is 26.4 Å². The van der Waals surface area contributed by atoms with Gasteiger partial charge in [-0.25, -0.2) is 4.39 Å². The summed E-state index contributed by atoms with van der Waals surface area (Å²) in [6.45, 7) is -0.889. The first-order valence-corrected chi connectivity index (χ1v) is 8.51. The fraction of sp³-hybridized carbons (Fsp3) is 0.182. The van der Waals surface area contributed by atoms with Crippen molar-refractivity contribution in [3.05, 3.63) is 78.1 Å². The van der Waals surface area contributed by atoms with E-state index in [2.05, 4.69) is 35.9 Å². The van der Waals surface area contributed by atoms with Gasteiger partial charge in [-0.3, -0.25) is 0 Å². The van der Waals surface area contributed by atoms with Gasteiger partial charge in [0.1, 0.15) is 0 Å². The van der Waals surface area contributed by atoms with Crippen molar-refractivity contribution in [3.8, 4) is 28.0 Å². The zero-order chi connectivity index (χ0) is 18.5. The van der Waals surface area contributed by atoms with Crippen LogP contribution in [0.5, 0.6) is 5.75 Å². The van der Waals surface area contributed by atoms with Crippen LogP contribution in [0.4, 0.5) is 13.2 Å². The predicted molar refractivity (Wildman–Crippen MR) is 97.9 cm³/mol. The molecule has 0 aliphatic heterocycles. The minimum absolute atomic E-state index is 0.451. The lowest BCUT2D eigenvalue weighted by Gasteiger charge is -2.09. The molecule has 134 valence electrons. The molecule has 0 N–H and O–H groups in total. The molecule has 3 aromatic rings. The molecule has 0 amide bonds. The lowest BCUT2D eigenvalue weighted by molar-refractivity contribution is -0.0521. The molecular weight excluding hydrogens is 337 g/mol. The molecule has 0 aliphatic carbocycles. The summed E-state index contributed by atoms with van der Waals surface area (Å²) in [4.78, 5) is 0. The first-order valence-electron chi connectivity index (χ1n) is 8.51. The van der Waals surface area contributed by atoms with Gasteiger partial charge in [-0.2, -0.15) is 8.78 Å². The van der Waals surface area contributed by atoms with Gasteiger partial charge in [0.25, 0.3) is 0 Å². The number of hydrogen-bond donors (Lipinski definition) is 0. The summed E-state index contributed by atoms with van der Waals surface area (Å²) in [7, 11) is 0. The van der Waals surface area contributed by atoms with E-state index in [1.165, 1.54) is 17.7 Å². The van der Waals surface area contributed by atoms with Crippen molar-refractivity contribution < 1.29 is 17.9 Å². The number of hydrogen-bond acceptors (Lipinski definition) is 1. The average Bonchev–Trinajstić information content (AvgIpc) is 2.64. The van der Waals surface area contributed by atoms with Crippen molar-refractivity contribution in [3.63, 3.8) is 0 Å². The molecule has 0 fully saturated rings. The van der Waals surface area contributed by atoms with E-state index in [1.54, 1.807) is 6.07 Å². The van der Waals surface area contributed by atoms with Crippen LogP contribution in [-0.4, -0.2) is 6.61 Å². The number of halogens is 3. The molecule has 0 saturated carbocycles. The van der Waals surface area contributed by atoms with Crippen LogP contribution in [-0.2, 0) is 6.42 Å². The Balaban J connectivity index is 1.80. The SMILES string of the molecule is CCCc1ccc(-c2ccc(-c3ccc(OC(F)F)c(F)c3)cc2)cc1. The summed E-state index contributed by atoms with van der Waals surface area (Å²) in [5, 5.41) is 0. The third-order valence-electron chi connectivity index (χ3n) is 4.19. The van der Waals surface area contributed by atoms with Crippen LogP contribution in [0.1, 0.15) is 18.9 Å². The van der Waals surface area contributed by atoms with E-state index in [4.69, 9.17) is 0 Å². The highest BCUT2D eigenvalue weighted by atomic mass is 19.3. The van der Waals surface area contributed by atoms with Gasteiger partial charge >= 0.3 is 6.61 Å². The van der Waals surface area contributed by atoms with Gasteiger partial charge in [0.15, 0.2) is 11.6 Å². The Morgan fingerprint density at radius 2 is 1.27 bits per heavy atom. The Kier molecular flexibility index (Phi) is 5.61. The minimum Gasteiger partial charge on any atom is -0.432 e. The number of ether oxygens (including phenoxy) is 1. The lowest BCUT2D eigenvalue weighted by Crippen LogP contribution is -2.03. The molecule has 0 unspecified atom stereocenters. The molecule has 0 saturated heterocycles. The Bertz CT molecular complexity index is 856. The first kappa shape index (κ1) is 18.1. The maximum absolute atomic E-state index is 13.9. The quantitative estimate of drug-likeness (QED) is 0.477. The number of alkyl halides is 2. The van der Waals surface area contributed by atoms with Crippen LogP contribution >= 0.6 is 0 Å². The van der Waals surface area contributed by atoms with Crippen LogP contribution in [0.15, 0.2) is 66.7 Å². The summed E-state index contributed by atoms with van der Waals surface area (Å²) < 4.78 is 42.4. The van der Waals surface area contributed by atoms with Crippen LogP contribution < -0.4 is 4.74 Å². The van der Waals surface area contributed by atoms with E-state index in [-0.39, 0.29) is 0 Å². The van der Waals surface area contributed by atoms with Gasteiger partial charge in [0.05, 0.1) is 0 Å². The summed E-state index contributed by atoms with van der Waals surface area (Å²) in [6, 6.07) is 20.1. The number of rotatable bonds is 6. The third kappa shape index (κ3) is 4.26. The Labute approximate surface area is 151 Å². The van der Waals surface area contributed by atoms with E-state index < -0.39 is 18.2 Å². The first-order chi connectivity index (χ1) is 12.6. The van der Waals surface area contributed by atoms with Gasteiger partial charge < -0.3 is 4.74 Å². The van der Waals surface area contributed by atoms with Crippen LogP contribution in [0, 0.1) is 5.82 Å². The van der Waals surface area contributed by atoms with Gasteiger partial charge in [0.2, 0.25) is 0 Å². The Morgan fingerprint density at radius 1 is 0.769 bits per heavy atom. The van der Waals surface area contributed by atoms with Crippen molar-refractivity contribution in [1.82, 2.24) is 0 Å². The zero-order valence-corrected chi connectivity index (χ0v) is 14.4. The topological polar surface area (TPSA) is 9.23 Å². The molecule has 0 spiro atoms. The molecule has 4 heteroatoms. The molecule has 1 nitrogen and oxygen atoms in total. The summed E-state index contributed by atoms with van der Waals surface area (Å²) in [5.41, 5.74) is 4.90. The number of benzene rings is 3. The van der Waals surface area contributed by atoms with Gasteiger partial charge in [-0.1, -0.05) is 67.9 Å². The highest BCUT2D eigenvalue weighted by molar-refractivity contribution is 5.71. The molecule has 0 aromatic heterocycles. The average molecular weight is 356 g/mol. The van der Waals surface area contributed by atoms with Gasteiger partial charge in [-0.05, 0) is 46.4 Å². The van der Waals surface area contributed by atoms with Crippen molar-refractivity contribution in [2.75, 3.05) is 0 Å². The highest BCUT2D eigenvalue weighted by Crippen LogP contribution is 2.29. The highest BCUT2D eigenvalue weighted by Gasteiger charge is 2.11. The molecule has 0 heterocycles. The summed E-state index contributed by atoms with van der Waals surface area (Å²) in [5.74, 6) is -1.26. The summed E-state index contributed by atoms with van der Waals surface area (Å²) >= 11 is 0. The second kappa shape index (κ2) is 8.09. The predicted octanol–water partition coefficient (Wildman–Crippen LogP) is 6.71. The molecule has 26 heavy (non-hydrogen) atoms. The number of aryl methyl sites for hydroxylation is 1. The molecule has 0 atom stereocenters. The monoisotopic (exact) mass is 356 g/mol. The van der Waals surface area contributed by atoms with Crippen molar-refractivity contribution in [2.24, 2.45) is 0 Å². The molecule has 0 aliphatic rings. The van der Waals surface area contributed by atoms with E-state index >= 15 is 0 Å². The largest absolute Gasteiger partial charge is 0.432 e. The molecule has 3 rings (SSSR count). The molecule has 0 bridgehead atoms. The molecular formula is C22H19F3O. The lowest BCUT2D eigenvalue weighted by atomic mass is 9.99. The van der Waals surface area contributed by atoms with Crippen molar-refractivity contribution in [1.29, 1.82) is 0 Å². The minimum atomic E-state index is -3.04. The van der Waals surface area contributed by atoms with Gasteiger partial charge in [0, 0.05) is 0 Å². The van der Waals surface area contributed by atoms with E-state index in [0.717, 1.165) is 29.5 Å². The van der Waals surface area contributed by atoms with E-state index in [0.29, 0.717) is 5.56 Å².